The van der Waals surface area contributed by atoms with Crippen molar-refractivity contribution in [2.75, 3.05) is 0 Å². The zero-order chi connectivity index (χ0) is 8.97. The van der Waals surface area contributed by atoms with E-state index in [1.54, 1.807) is 12.4 Å². The summed E-state index contributed by atoms with van der Waals surface area (Å²) in [5, 5.41) is 0. The fourth-order valence-corrected chi connectivity index (χ4v) is 1.27. The van der Waals surface area contributed by atoms with Crippen molar-refractivity contribution in [2.24, 2.45) is 5.73 Å². The lowest BCUT2D eigenvalue weighted by Gasteiger charge is -1.97. The monoisotopic (exact) mass is 228 g/mol. The highest BCUT2D eigenvalue weighted by molar-refractivity contribution is 9.10. The first-order valence-corrected chi connectivity index (χ1v) is 4.35. The minimum atomic E-state index is -0.282. The van der Waals surface area contributed by atoms with Crippen LogP contribution in [0.1, 0.15) is 12.0 Å². The number of hydrogen-bond acceptors (Lipinski definition) is 2. The van der Waals surface area contributed by atoms with Gasteiger partial charge < -0.3 is 5.73 Å². The van der Waals surface area contributed by atoms with Gasteiger partial charge in [-0.15, -0.1) is 0 Å². The number of primary amides is 1. The first-order valence-electron chi connectivity index (χ1n) is 3.56. The molecule has 0 radical (unpaired) electrons. The number of rotatable bonds is 3. The summed E-state index contributed by atoms with van der Waals surface area (Å²) in [6.07, 6.45) is 4.46. The van der Waals surface area contributed by atoms with Gasteiger partial charge >= 0.3 is 0 Å². The second-order valence-corrected chi connectivity index (χ2v) is 3.39. The largest absolute Gasteiger partial charge is 0.370 e. The quantitative estimate of drug-likeness (QED) is 0.848. The molecular weight excluding hydrogens is 220 g/mol. The van der Waals surface area contributed by atoms with Crippen LogP contribution in [0.4, 0.5) is 0 Å². The van der Waals surface area contributed by atoms with E-state index in [1.807, 2.05) is 6.07 Å². The Hall–Kier alpha value is -0.900. The number of carbonyl (C=O) groups excluding carboxylic acids is 1. The summed E-state index contributed by atoms with van der Waals surface area (Å²) in [7, 11) is 0. The van der Waals surface area contributed by atoms with Gasteiger partial charge in [-0.05, 0) is 34.0 Å². The molecule has 1 amide bonds. The Labute approximate surface area is 79.1 Å². The van der Waals surface area contributed by atoms with Crippen molar-refractivity contribution in [3.05, 3.63) is 28.5 Å². The number of halogens is 1. The van der Waals surface area contributed by atoms with E-state index in [0.29, 0.717) is 12.8 Å². The molecule has 3 nitrogen and oxygen atoms in total. The van der Waals surface area contributed by atoms with E-state index < -0.39 is 0 Å². The van der Waals surface area contributed by atoms with E-state index in [2.05, 4.69) is 20.9 Å². The average Bonchev–Trinajstić information content (AvgIpc) is 2.01. The third-order valence-corrected chi connectivity index (χ3v) is 1.86. The van der Waals surface area contributed by atoms with Gasteiger partial charge in [0.1, 0.15) is 0 Å². The van der Waals surface area contributed by atoms with Crippen molar-refractivity contribution in [2.45, 2.75) is 12.8 Å². The normalized spacial score (nSPS) is 9.75. The SMILES string of the molecule is NC(=O)CCc1cncc(Br)c1. The number of pyridine rings is 1. The van der Waals surface area contributed by atoms with Gasteiger partial charge in [0.05, 0.1) is 0 Å². The molecule has 0 unspecified atom stereocenters. The Morgan fingerprint density at radius 2 is 2.33 bits per heavy atom. The number of nitrogens with two attached hydrogens (primary N) is 1. The fraction of sp³-hybridized carbons (Fsp3) is 0.250. The van der Waals surface area contributed by atoms with E-state index in [9.17, 15) is 4.79 Å². The molecule has 0 aliphatic heterocycles. The van der Waals surface area contributed by atoms with E-state index in [0.717, 1.165) is 10.0 Å². The average molecular weight is 229 g/mol. The third-order valence-electron chi connectivity index (χ3n) is 1.42. The number of amides is 1. The second-order valence-electron chi connectivity index (χ2n) is 2.48. The zero-order valence-electron chi connectivity index (χ0n) is 6.46. The van der Waals surface area contributed by atoms with Crippen LogP contribution in [0.15, 0.2) is 22.9 Å². The highest BCUT2D eigenvalue weighted by Crippen LogP contribution is 2.10. The van der Waals surface area contributed by atoms with Gasteiger partial charge in [-0.2, -0.15) is 0 Å². The summed E-state index contributed by atoms with van der Waals surface area (Å²) in [6.45, 7) is 0. The number of carbonyl (C=O) groups is 1. The molecular formula is C8H9BrN2O. The Morgan fingerprint density at radius 1 is 1.58 bits per heavy atom. The Balaban J connectivity index is 2.57. The molecule has 2 N–H and O–H groups in total. The van der Waals surface area contributed by atoms with E-state index in [4.69, 9.17) is 5.73 Å². The molecule has 1 aromatic rings. The van der Waals surface area contributed by atoms with Crippen molar-refractivity contribution < 1.29 is 4.79 Å². The minimum absolute atomic E-state index is 0.282. The summed E-state index contributed by atoms with van der Waals surface area (Å²) >= 11 is 3.29. The molecule has 0 spiro atoms. The van der Waals surface area contributed by atoms with Crippen LogP contribution in [0.25, 0.3) is 0 Å². The number of hydrogen-bond donors (Lipinski definition) is 1. The van der Waals surface area contributed by atoms with Crippen molar-refractivity contribution in [1.29, 1.82) is 0 Å². The molecule has 0 aliphatic carbocycles. The van der Waals surface area contributed by atoms with Crippen molar-refractivity contribution in [3.63, 3.8) is 0 Å². The molecule has 0 aromatic carbocycles. The van der Waals surface area contributed by atoms with Crippen LogP contribution in [0.3, 0.4) is 0 Å². The first kappa shape index (κ1) is 9.19. The van der Waals surface area contributed by atoms with Crippen LogP contribution in [0.5, 0.6) is 0 Å². The molecule has 12 heavy (non-hydrogen) atoms. The second kappa shape index (κ2) is 4.21. The molecule has 0 fully saturated rings. The van der Waals surface area contributed by atoms with Crippen molar-refractivity contribution in [3.8, 4) is 0 Å². The Kier molecular flexibility index (Phi) is 3.22. The van der Waals surface area contributed by atoms with Gasteiger partial charge in [-0.3, -0.25) is 9.78 Å². The van der Waals surface area contributed by atoms with Gasteiger partial charge in [0, 0.05) is 23.3 Å². The maximum absolute atomic E-state index is 10.4. The highest BCUT2D eigenvalue weighted by atomic mass is 79.9. The number of aryl methyl sites for hydroxylation is 1. The number of aromatic nitrogens is 1. The topological polar surface area (TPSA) is 56.0 Å². The van der Waals surface area contributed by atoms with E-state index in [1.165, 1.54) is 0 Å². The fourth-order valence-electron chi connectivity index (χ4n) is 0.860. The molecule has 0 saturated heterocycles. The minimum Gasteiger partial charge on any atom is -0.370 e. The van der Waals surface area contributed by atoms with Gasteiger partial charge in [0.2, 0.25) is 5.91 Å². The van der Waals surface area contributed by atoms with Crippen LogP contribution in [-0.2, 0) is 11.2 Å². The molecule has 0 aliphatic rings. The van der Waals surface area contributed by atoms with Crippen LogP contribution >= 0.6 is 15.9 Å². The zero-order valence-corrected chi connectivity index (χ0v) is 8.04. The predicted octanol–water partition coefficient (Wildman–Crippen LogP) is 1.26. The predicted molar refractivity (Wildman–Crippen MR) is 49.5 cm³/mol. The standard InChI is InChI=1S/C8H9BrN2O/c9-7-3-6(4-11-5-7)1-2-8(10)12/h3-5H,1-2H2,(H2,10,12). The maximum atomic E-state index is 10.4. The summed E-state index contributed by atoms with van der Waals surface area (Å²) in [6, 6.07) is 1.93. The molecule has 4 heteroatoms. The Morgan fingerprint density at radius 3 is 2.92 bits per heavy atom. The first-order chi connectivity index (χ1) is 5.68. The van der Waals surface area contributed by atoms with Crippen LogP contribution in [-0.4, -0.2) is 10.9 Å². The summed E-state index contributed by atoms with van der Waals surface area (Å²) in [5.74, 6) is -0.282. The molecule has 1 heterocycles. The molecule has 64 valence electrons. The lowest BCUT2D eigenvalue weighted by atomic mass is 10.1. The van der Waals surface area contributed by atoms with Gasteiger partial charge in [0.25, 0.3) is 0 Å². The molecule has 1 rings (SSSR count). The van der Waals surface area contributed by atoms with Crippen molar-refractivity contribution >= 4 is 21.8 Å². The van der Waals surface area contributed by atoms with Gasteiger partial charge in [0.15, 0.2) is 0 Å². The van der Waals surface area contributed by atoms with E-state index in [-0.39, 0.29) is 5.91 Å². The highest BCUT2D eigenvalue weighted by Gasteiger charge is 1.97. The lowest BCUT2D eigenvalue weighted by Crippen LogP contribution is -2.11. The van der Waals surface area contributed by atoms with Gasteiger partial charge in [-0.25, -0.2) is 0 Å². The van der Waals surface area contributed by atoms with Gasteiger partial charge in [-0.1, -0.05) is 0 Å². The van der Waals surface area contributed by atoms with Crippen LogP contribution in [0, 0.1) is 0 Å². The van der Waals surface area contributed by atoms with E-state index >= 15 is 0 Å². The molecule has 0 atom stereocenters. The summed E-state index contributed by atoms with van der Waals surface area (Å²) in [4.78, 5) is 14.4. The lowest BCUT2D eigenvalue weighted by molar-refractivity contribution is -0.117. The molecule has 0 bridgehead atoms. The van der Waals surface area contributed by atoms with Crippen molar-refractivity contribution in [1.82, 2.24) is 4.98 Å². The summed E-state index contributed by atoms with van der Waals surface area (Å²) in [5.41, 5.74) is 6.02. The molecule has 1 aromatic heterocycles. The number of nitrogens with zero attached hydrogens (tertiary/aromatic N) is 1. The van der Waals surface area contributed by atoms with Crippen LogP contribution < -0.4 is 5.73 Å². The Bertz CT molecular complexity index is 288. The third kappa shape index (κ3) is 3.00. The maximum Gasteiger partial charge on any atom is 0.217 e. The summed E-state index contributed by atoms with van der Waals surface area (Å²) < 4.78 is 0.921. The smallest absolute Gasteiger partial charge is 0.217 e. The van der Waals surface area contributed by atoms with Crippen LogP contribution in [0.2, 0.25) is 0 Å². The molecule has 0 saturated carbocycles.